The molecule has 0 fully saturated rings. The third-order valence-corrected chi connectivity index (χ3v) is 3.33. The smallest absolute Gasteiger partial charge is 0.306 e. The lowest BCUT2D eigenvalue weighted by Gasteiger charge is -2.32. The Morgan fingerprint density at radius 2 is 1.61 bits per heavy atom. The summed E-state index contributed by atoms with van der Waals surface area (Å²) in [5.41, 5.74) is 4.27. The van der Waals surface area contributed by atoms with Gasteiger partial charge >= 0.3 is 5.97 Å². The molecule has 4 N–H and O–H groups in total. The quantitative estimate of drug-likeness (QED) is 0.686. The van der Waals surface area contributed by atoms with Crippen LogP contribution in [0.1, 0.15) is 67.2 Å². The minimum Gasteiger partial charge on any atom is -0.481 e. The molecule has 0 aromatic heterocycles. The third-order valence-electron chi connectivity index (χ3n) is 3.33. The van der Waals surface area contributed by atoms with Gasteiger partial charge in [-0.2, -0.15) is 0 Å². The molecular weight excluding hydrogens is 230 g/mol. The van der Waals surface area contributed by atoms with Crippen LogP contribution >= 0.6 is 0 Å². The van der Waals surface area contributed by atoms with Gasteiger partial charge in [0.1, 0.15) is 0 Å². The van der Waals surface area contributed by atoms with E-state index in [0.29, 0.717) is 0 Å². The van der Waals surface area contributed by atoms with Crippen molar-refractivity contribution in [1.29, 1.82) is 0 Å². The van der Waals surface area contributed by atoms with E-state index >= 15 is 0 Å². The van der Waals surface area contributed by atoms with Crippen molar-refractivity contribution in [3.8, 4) is 0 Å². The van der Waals surface area contributed by atoms with Crippen molar-refractivity contribution in [2.45, 2.75) is 78.4 Å². The minimum absolute atomic E-state index is 0.111. The molecular formula is C14H31NO3. The van der Waals surface area contributed by atoms with Crippen molar-refractivity contribution in [2.24, 2.45) is 11.7 Å². The van der Waals surface area contributed by atoms with Gasteiger partial charge in [0.2, 0.25) is 0 Å². The van der Waals surface area contributed by atoms with E-state index < -0.39 is 17.1 Å². The predicted octanol–water partition coefficient (Wildman–Crippen LogP) is 2.78. The van der Waals surface area contributed by atoms with Crippen LogP contribution in [0.5, 0.6) is 0 Å². The second-order valence-electron chi connectivity index (χ2n) is 5.87. The first-order chi connectivity index (χ1) is 7.97. The molecule has 1 atom stereocenters. The molecule has 0 bridgehead atoms. The largest absolute Gasteiger partial charge is 0.481 e. The number of hydrogen-bond acceptors (Lipinski definition) is 3. The number of carbonyl (C=O) groups is 1. The van der Waals surface area contributed by atoms with Crippen LogP contribution in [0.15, 0.2) is 0 Å². The van der Waals surface area contributed by atoms with Crippen molar-refractivity contribution >= 4 is 5.97 Å². The van der Waals surface area contributed by atoms with E-state index in [2.05, 4.69) is 6.92 Å². The van der Waals surface area contributed by atoms with Gasteiger partial charge in [-0.3, -0.25) is 4.79 Å². The zero-order valence-corrected chi connectivity index (χ0v) is 12.8. The summed E-state index contributed by atoms with van der Waals surface area (Å²) in [5.74, 6) is -0.754. The van der Waals surface area contributed by atoms with Crippen molar-refractivity contribution in [2.75, 3.05) is 0 Å². The summed E-state index contributed by atoms with van der Waals surface area (Å²) < 4.78 is 0. The van der Waals surface area contributed by atoms with E-state index in [1.54, 1.807) is 27.7 Å². The van der Waals surface area contributed by atoms with E-state index in [9.17, 15) is 9.90 Å². The van der Waals surface area contributed by atoms with Gasteiger partial charge in [-0.15, -0.1) is 0 Å². The van der Waals surface area contributed by atoms with Crippen molar-refractivity contribution in [3.63, 3.8) is 0 Å². The lowest BCUT2D eigenvalue weighted by atomic mass is 9.87. The Kier molecular flexibility index (Phi) is 9.30. The number of nitrogens with two attached hydrogens (primary N) is 1. The average Bonchev–Trinajstić information content (AvgIpc) is 2.16. The molecule has 4 heteroatoms. The first-order valence-corrected chi connectivity index (χ1v) is 6.71. The van der Waals surface area contributed by atoms with E-state index in [4.69, 9.17) is 10.8 Å². The lowest BCUT2D eigenvalue weighted by Crippen LogP contribution is -2.52. The van der Waals surface area contributed by atoms with E-state index in [1.807, 2.05) is 6.92 Å². The van der Waals surface area contributed by atoms with Crippen molar-refractivity contribution in [3.05, 3.63) is 0 Å². The number of rotatable bonds is 6. The Morgan fingerprint density at radius 1 is 1.22 bits per heavy atom. The number of hydrogen-bond donors (Lipinski definition) is 3. The molecule has 0 amide bonds. The maximum absolute atomic E-state index is 10.4. The molecule has 0 aliphatic carbocycles. The summed E-state index contributed by atoms with van der Waals surface area (Å²) in [4.78, 5) is 10.4. The summed E-state index contributed by atoms with van der Waals surface area (Å²) in [6.45, 7) is 11.0. The summed E-state index contributed by atoms with van der Waals surface area (Å²) in [7, 11) is 0. The fourth-order valence-corrected chi connectivity index (χ4v) is 0.953. The Morgan fingerprint density at radius 3 is 1.78 bits per heavy atom. The minimum atomic E-state index is -0.785. The number of unbranched alkanes of at least 4 members (excludes halogenated alkanes) is 1. The van der Waals surface area contributed by atoms with Crippen LogP contribution in [0.4, 0.5) is 0 Å². The molecule has 0 aliphatic heterocycles. The second kappa shape index (κ2) is 8.48. The van der Waals surface area contributed by atoms with Crippen LogP contribution in [0, 0.1) is 5.92 Å². The lowest BCUT2D eigenvalue weighted by molar-refractivity contribution is -0.142. The molecule has 0 radical (unpaired) electrons. The van der Waals surface area contributed by atoms with Gasteiger partial charge in [0.05, 0.1) is 11.5 Å². The van der Waals surface area contributed by atoms with Crippen LogP contribution < -0.4 is 5.73 Å². The molecule has 0 aromatic carbocycles. The Labute approximate surface area is 112 Å². The van der Waals surface area contributed by atoms with Crippen LogP contribution in [0.3, 0.4) is 0 Å². The molecule has 18 heavy (non-hydrogen) atoms. The van der Waals surface area contributed by atoms with Gasteiger partial charge in [0.25, 0.3) is 0 Å². The fraction of sp³-hybridized carbons (Fsp3) is 0.929. The molecule has 0 aromatic rings. The van der Waals surface area contributed by atoms with E-state index in [-0.39, 0.29) is 5.92 Å². The van der Waals surface area contributed by atoms with Crippen molar-refractivity contribution < 1.29 is 15.0 Å². The fourth-order valence-electron chi connectivity index (χ4n) is 0.953. The molecule has 110 valence electrons. The highest BCUT2D eigenvalue weighted by molar-refractivity contribution is 5.69. The van der Waals surface area contributed by atoms with Crippen LogP contribution in [-0.2, 0) is 4.79 Å². The average molecular weight is 261 g/mol. The topological polar surface area (TPSA) is 83.5 Å². The molecule has 0 heterocycles. The summed E-state index contributed by atoms with van der Waals surface area (Å²) >= 11 is 0. The molecule has 0 rings (SSSR count). The number of aliphatic carboxylic acids is 1. The van der Waals surface area contributed by atoms with Crippen LogP contribution in [0.2, 0.25) is 0 Å². The number of aliphatic hydroxyl groups is 1. The zero-order valence-electron chi connectivity index (χ0n) is 12.8. The van der Waals surface area contributed by atoms with E-state index in [1.165, 1.54) is 0 Å². The highest BCUT2D eigenvalue weighted by Gasteiger charge is 2.30. The zero-order chi connectivity index (χ0) is 15.0. The van der Waals surface area contributed by atoms with Crippen molar-refractivity contribution in [1.82, 2.24) is 0 Å². The number of carboxylic acids is 1. The van der Waals surface area contributed by atoms with Gasteiger partial charge in [0.15, 0.2) is 0 Å². The molecule has 4 nitrogen and oxygen atoms in total. The standard InChI is InChI=1S/C8H16O2.C6H15NO/c1-3-5-6-7(4-2)8(9)10;1-5(2,7)6(3,4)8/h7H,3-6H2,1-2H3,(H,9,10);8H,7H2,1-4H3. The predicted molar refractivity (Wildman–Crippen MR) is 75.5 cm³/mol. The molecule has 0 saturated heterocycles. The van der Waals surface area contributed by atoms with Gasteiger partial charge in [-0.05, 0) is 40.5 Å². The van der Waals surface area contributed by atoms with Crippen LogP contribution in [0.25, 0.3) is 0 Å². The molecule has 0 saturated carbocycles. The number of carboxylic acid groups (broad SMARTS) is 1. The SMILES string of the molecule is CC(C)(N)C(C)(C)O.CCCCC(CC)C(=O)O. The highest BCUT2D eigenvalue weighted by Crippen LogP contribution is 2.16. The Balaban J connectivity index is 0. The van der Waals surface area contributed by atoms with Gasteiger partial charge in [-0.25, -0.2) is 0 Å². The van der Waals surface area contributed by atoms with Gasteiger partial charge in [-0.1, -0.05) is 26.7 Å². The van der Waals surface area contributed by atoms with Crippen LogP contribution in [-0.4, -0.2) is 27.3 Å². The maximum atomic E-state index is 10.4. The van der Waals surface area contributed by atoms with Gasteiger partial charge < -0.3 is 15.9 Å². The third kappa shape index (κ3) is 9.42. The summed E-state index contributed by atoms with van der Waals surface area (Å²) in [6.07, 6.45) is 3.71. The highest BCUT2D eigenvalue weighted by atomic mass is 16.4. The summed E-state index contributed by atoms with van der Waals surface area (Å²) in [5, 5.41) is 17.8. The van der Waals surface area contributed by atoms with Gasteiger partial charge in [0, 0.05) is 5.54 Å². The first kappa shape index (κ1) is 19.7. The first-order valence-electron chi connectivity index (χ1n) is 6.71. The monoisotopic (exact) mass is 261 g/mol. The normalized spacial score (nSPS) is 13.6. The molecule has 1 unspecified atom stereocenters. The molecule has 0 spiro atoms. The Bertz CT molecular complexity index is 214. The molecule has 0 aliphatic rings. The second-order valence-corrected chi connectivity index (χ2v) is 5.87. The Hall–Kier alpha value is -0.610. The van der Waals surface area contributed by atoms with E-state index in [0.717, 1.165) is 25.7 Å². The maximum Gasteiger partial charge on any atom is 0.306 e. The summed E-state index contributed by atoms with van der Waals surface area (Å²) in [6, 6.07) is 0.